The molecule has 2 rings (SSSR count). The van der Waals surface area contributed by atoms with Crippen LogP contribution < -0.4 is 5.73 Å². The van der Waals surface area contributed by atoms with Crippen LogP contribution in [0.25, 0.3) is 0 Å². The highest BCUT2D eigenvalue weighted by Gasteiger charge is 2.29. The lowest BCUT2D eigenvalue weighted by molar-refractivity contribution is -0.122. The molecule has 1 aromatic heterocycles. The summed E-state index contributed by atoms with van der Waals surface area (Å²) < 4.78 is 0. The Hall–Kier alpha value is -1.22. The van der Waals surface area contributed by atoms with Crippen LogP contribution in [-0.4, -0.2) is 16.8 Å². The van der Waals surface area contributed by atoms with Crippen molar-refractivity contribution >= 4 is 5.78 Å². The van der Waals surface area contributed by atoms with Gasteiger partial charge in [0.2, 0.25) is 0 Å². The number of rotatable bonds is 4. The molecule has 2 unspecified atom stereocenters. The van der Waals surface area contributed by atoms with Crippen molar-refractivity contribution in [3.05, 3.63) is 29.6 Å². The van der Waals surface area contributed by atoms with Crippen LogP contribution in [0.15, 0.2) is 18.3 Å². The van der Waals surface area contributed by atoms with Crippen LogP contribution in [0.2, 0.25) is 0 Å². The van der Waals surface area contributed by atoms with Gasteiger partial charge in [-0.05, 0) is 30.9 Å². The van der Waals surface area contributed by atoms with Crippen LogP contribution in [0.4, 0.5) is 0 Å². The smallest absolute Gasteiger partial charge is 0.143 e. The molecule has 0 aliphatic heterocycles. The van der Waals surface area contributed by atoms with Crippen LogP contribution in [0, 0.1) is 5.92 Å². The van der Waals surface area contributed by atoms with Gasteiger partial charge in [0.05, 0.1) is 0 Å². The van der Waals surface area contributed by atoms with Crippen molar-refractivity contribution in [3.8, 4) is 0 Å². The minimum Gasteiger partial charge on any atom is -0.327 e. The second-order valence-corrected chi connectivity index (χ2v) is 4.86. The van der Waals surface area contributed by atoms with Gasteiger partial charge in [-0.25, -0.2) is 0 Å². The molecule has 3 heteroatoms. The third-order valence-corrected chi connectivity index (χ3v) is 3.63. The lowest BCUT2D eigenvalue weighted by Gasteiger charge is -2.13. The molecule has 0 aromatic carbocycles. The van der Waals surface area contributed by atoms with Crippen LogP contribution in [-0.2, 0) is 17.6 Å². The molecule has 17 heavy (non-hydrogen) atoms. The molecule has 1 aliphatic rings. The van der Waals surface area contributed by atoms with E-state index >= 15 is 0 Å². The first kappa shape index (κ1) is 12.2. The van der Waals surface area contributed by atoms with Crippen molar-refractivity contribution in [1.82, 2.24) is 4.98 Å². The SMILES string of the molecule is CCc1ccc(CC(=O)C2CCCC2N)nc1. The van der Waals surface area contributed by atoms with Gasteiger partial charge < -0.3 is 5.73 Å². The summed E-state index contributed by atoms with van der Waals surface area (Å²) in [5.74, 6) is 0.314. The van der Waals surface area contributed by atoms with Crippen molar-refractivity contribution in [1.29, 1.82) is 0 Å². The summed E-state index contributed by atoms with van der Waals surface area (Å²) in [5, 5.41) is 0. The summed E-state index contributed by atoms with van der Waals surface area (Å²) in [6.07, 6.45) is 6.29. The van der Waals surface area contributed by atoms with Gasteiger partial charge in [-0.2, -0.15) is 0 Å². The van der Waals surface area contributed by atoms with Gasteiger partial charge in [0.1, 0.15) is 5.78 Å². The number of hydrogen-bond acceptors (Lipinski definition) is 3. The minimum atomic E-state index is 0.0580. The van der Waals surface area contributed by atoms with Gasteiger partial charge in [-0.1, -0.05) is 19.4 Å². The Morgan fingerprint density at radius 3 is 2.82 bits per heavy atom. The molecule has 0 bridgehead atoms. The number of Topliss-reactive ketones (excluding diaryl/α,β-unsaturated/α-hetero) is 1. The minimum absolute atomic E-state index is 0.0580. The molecule has 1 saturated carbocycles. The number of nitrogens with zero attached hydrogens (tertiary/aromatic N) is 1. The summed E-state index contributed by atoms with van der Waals surface area (Å²) in [4.78, 5) is 16.4. The lowest BCUT2D eigenvalue weighted by atomic mass is 9.95. The Bertz CT molecular complexity index is 386. The molecule has 3 nitrogen and oxygen atoms in total. The highest BCUT2D eigenvalue weighted by atomic mass is 16.1. The van der Waals surface area contributed by atoms with E-state index in [4.69, 9.17) is 5.73 Å². The number of aromatic nitrogens is 1. The van der Waals surface area contributed by atoms with Crippen LogP contribution >= 0.6 is 0 Å². The predicted octanol–water partition coefficient (Wildman–Crippen LogP) is 1.88. The third-order valence-electron chi connectivity index (χ3n) is 3.63. The zero-order valence-electron chi connectivity index (χ0n) is 10.4. The maximum absolute atomic E-state index is 12.1. The molecule has 0 radical (unpaired) electrons. The Morgan fingerprint density at radius 1 is 1.47 bits per heavy atom. The summed E-state index contributed by atoms with van der Waals surface area (Å²) in [7, 11) is 0. The van der Waals surface area contributed by atoms with E-state index in [0.717, 1.165) is 31.4 Å². The van der Waals surface area contributed by atoms with Gasteiger partial charge >= 0.3 is 0 Å². The Balaban J connectivity index is 1.97. The highest BCUT2D eigenvalue weighted by Crippen LogP contribution is 2.25. The average molecular weight is 232 g/mol. The normalized spacial score (nSPS) is 23.9. The van der Waals surface area contributed by atoms with Gasteiger partial charge in [-0.3, -0.25) is 9.78 Å². The van der Waals surface area contributed by atoms with E-state index in [1.807, 2.05) is 18.3 Å². The van der Waals surface area contributed by atoms with E-state index in [1.165, 1.54) is 5.56 Å². The second-order valence-electron chi connectivity index (χ2n) is 4.86. The molecule has 92 valence electrons. The standard InChI is InChI=1S/C14H20N2O/c1-2-10-6-7-11(16-9-10)8-14(17)12-4-3-5-13(12)15/h6-7,9,12-13H,2-5,8,15H2,1H3. The van der Waals surface area contributed by atoms with Gasteiger partial charge in [0.25, 0.3) is 0 Å². The maximum atomic E-state index is 12.1. The van der Waals surface area contributed by atoms with Crippen molar-refractivity contribution < 1.29 is 4.79 Å². The average Bonchev–Trinajstić information content (AvgIpc) is 2.76. The number of hydrogen-bond donors (Lipinski definition) is 1. The number of pyridine rings is 1. The number of nitrogens with two attached hydrogens (primary N) is 1. The molecule has 1 fully saturated rings. The largest absolute Gasteiger partial charge is 0.327 e. The second kappa shape index (κ2) is 5.41. The zero-order valence-corrected chi connectivity index (χ0v) is 10.4. The molecule has 1 aromatic rings. The van der Waals surface area contributed by atoms with Gasteiger partial charge in [-0.15, -0.1) is 0 Å². The van der Waals surface area contributed by atoms with Crippen molar-refractivity contribution in [3.63, 3.8) is 0 Å². The molecular formula is C14H20N2O. The summed E-state index contributed by atoms with van der Waals surface area (Å²) in [6, 6.07) is 4.07. The van der Waals surface area contributed by atoms with Crippen LogP contribution in [0.1, 0.15) is 37.4 Å². The lowest BCUT2D eigenvalue weighted by Crippen LogP contribution is -2.31. The Labute approximate surface area is 102 Å². The summed E-state index contributed by atoms with van der Waals surface area (Å²) in [6.45, 7) is 2.10. The van der Waals surface area contributed by atoms with Crippen molar-refractivity contribution in [2.45, 2.75) is 45.1 Å². The van der Waals surface area contributed by atoms with Crippen LogP contribution in [0.5, 0.6) is 0 Å². The number of carbonyl (C=O) groups excluding carboxylic acids is 1. The quantitative estimate of drug-likeness (QED) is 0.862. The maximum Gasteiger partial charge on any atom is 0.143 e. The molecule has 2 N–H and O–H groups in total. The molecule has 2 atom stereocenters. The van der Waals surface area contributed by atoms with Crippen molar-refractivity contribution in [2.24, 2.45) is 11.7 Å². The number of aryl methyl sites for hydroxylation is 1. The van der Waals surface area contributed by atoms with Gasteiger partial charge in [0.15, 0.2) is 0 Å². The molecule has 0 amide bonds. The fourth-order valence-corrected chi connectivity index (χ4v) is 2.47. The first-order valence-corrected chi connectivity index (χ1v) is 6.42. The van der Waals surface area contributed by atoms with Crippen LogP contribution in [0.3, 0.4) is 0 Å². The van der Waals surface area contributed by atoms with E-state index in [2.05, 4.69) is 11.9 Å². The molecular weight excluding hydrogens is 212 g/mol. The molecule has 1 heterocycles. The Morgan fingerprint density at radius 2 is 2.29 bits per heavy atom. The van der Waals surface area contributed by atoms with E-state index in [1.54, 1.807) is 0 Å². The first-order valence-electron chi connectivity index (χ1n) is 6.42. The first-order chi connectivity index (χ1) is 8.20. The third kappa shape index (κ3) is 2.91. The summed E-state index contributed by atoms with van der Waals surface area (Å²) >= 11 is 0. The van der Waals surface area contributed by atoms with Crippen molar-refractivity contribution in [2.75, 3.05) is 0 Å². The van der Waals surface area contributed by atoms with Gasteiger partial charge in [0, 0.05) is 30.3 Å². The molecule has 0 spiro atoms. The number of carbonyl (C=O) groups is 1. The number of ketones is 1. The monoisotopic (exact) mass is 232 g/mol. The highest BCUT2D eigenvalue weighted by molar-refractivity contribution is 5.83. The topological polar surface area (TPSA) is 56.0 Å². The fourth-order valence-electron chi connectivity index (χ4n) is 2.47. The van der Waals surface area contributed by atoms with E-state index in [9.17, 15) is 4.79 Å². The summed E-state index contributed by atoms with van der Waals surface area (Å²) in [5.41, 5.74) is 8.01. The zero-order chi connectivity index (χ0) is 12.3. The predicted molar refractivity (Wildman–Crippen MR) is 67.6 cm³/mol. The Kier molecular flexibility index (Phi) is 3.89. The molecule has 1 aliphatic carbocycles. The van der Waals surface area contributed by atoms with E-state index < -0.39 is 0 Å². The van der Waals surface area contributed by atoms with E-state index in [0.29, 0.717) is 6.42 Å². The van der Waals surface area contributed by atoms with E-state index in [-0.39, 0.29) is 17.7 Å². The fraction of sp³-hybridized carbons (Fsp3) is 0.571. The molecule has 0 saturated heterocycles.